The summed E-state index contributed by atoms with van der Waals surface area (Å²) in [5.74, 6) is -2.50. The van der Waals surface area contributed by atoms with Gasteiger partial charge in [-0.15, -0.1) is 10.2 Å². The van der Waals surface area contributed by atoms with E-state index in [2.05, 4.69) is 15.5 Å². The molecule has 169 valence electrons. The van der Waals surface area contributed by atoms with Crippen molar-refractivity contribution in [1.29, 1.82) is 0 Å². The van der Waals surface area contributed by atoms with E-state index in [0.29, 0.717) is 16.5 Å². The van der Waals surface area contributed by atoms with Gasteiger partial charge in [-0.05, 0) is 41.8 Å². The molecule has 0 saturated heterocycles. The van der Waals surface area contributed by atoms with Gasteiger partial charge < -0.3 is 20.6 Å². The first-order chi connectivity index (χ1) is 15.4. The molecule has 0 saturated carbocycles. The molecule has 4 aromatic rings. The molecular formula is C24H17CuN3O5. The molecule has 0 fully saturated rings. The molecule has 9 heteroatoms. The maximum atomic E-state index is 12.5. The third kappa shape index (κ3) is 5.01. The molecule has 8 nitrogen and oxygen atoms in total. The van der Waals surface area contributed by atoms with Gasteiger partial charge in [-0.2, -0.15) is 0 Å². The molecule has 0 atom stereocenters. The largest absolute Gasteiger partial charge is 0.506 e. The van der Waals surface area contributed by atoms with Crippen LogP contribution in [0.4, 0.5) is 17.1 Å². The van der Waals surface area contributed by atoms with Crippen molar-refractivity contribution in [2.45, 2.75) is 0 Å². The number of phenols is 2. The third-order valence-electron chi connectivity index (χ3n) is 4.75. The Morgan fingerprint density at radius 3 is 2.24 bits per heavy atom. The summed E-state index contributed by atoms with van der Waals surface area (Å²) in [7, 11) is 0. The average molecular weight is 491 g/mol. The van der Waals surface area contributed by atoms with Gasteiger partial charge in [0.15, 0.2) is 5.75 Å². The first-order valence-corrected chi connectivity index (χ1v) is 9.53. The monoisotopic (exact) mass is 490 g/mol. The second kappa shape index (κ2) is 9.95. The normalized spacial score (nSPS) is 10.7. The number of hydrogen-bond acceptors (Lipinski definition) is 6. The summed E-state index contributed by atoms with van der Waals surface area (Å²) >= 11 is 0. The zero-order valence-corrected chi connectivity index (χ0v) is 17.8. The Morgan fingerprint density at radius 2 is 1.52 bits per heavy atom. The van der Waals surface area contributed by atoms with Crippen molar-refractivity contribution >= 4 is 39.7 Å². The zero-order chi connectivity index (χ0) is 22.7. The number of carbonyl (C=O) groups excluding carboxylic acids is 1. The topological polar surface area (TPSA) is 132 Å². The standard InChI is InChI=1S/C24H17N3O5.Cu/c28-20-11-10-15(23(30)25-16-7-2-1-3-8-16)13-19(20)26-27-21-17-9-5-4-6-14(17)12-18(22(21)29)24(31)32;/h1-13,28-29H,(H,25,30)(H,31,32);. The van der Waals surface area contributed by atoms with Gasteiger partial charge in [0.1, 0.15) is 22.7 Å². The molecule has 0 aliphatic rings. The molecule has 0 heterocycles. The summed E-state index contributed by atoms with van der Waals surface area (Å²) in [6.07, 6.45) is 0. The first kappa shape index (κ1) is 23.5. The molecule has 4 rings (SSSR count). The number of benzene rings is 4. The van der Waals surface area contributed by atoms with E-state index in [0.717, 1.165) is 0 Å². The van der Waals surface area contributed by atoms with Gasteiger partial charge in [-0.3, -0.25) is 4.79 Å². The van der Waals surface area contributed by atoms with Gasteiger partial charge in [0.2, 0.25) is 0 Å². The molecule has 4 N–H and O–H groups in total. The van der Waals surface area contributed by atoms with Crippen LogP contribution in [0, 0.1) is 0 Å². The second-order valence-corrected chi connectivity index (χ2v) is 6.87. The summed E-state index contributed by atoms with van der Waals surface area (Å²) in [4.78, 5) is 24.0. The molecule has 0 aromatic heterocycles. The Kier molecular flexibility index (Phi) is 7.07. The number of azo groups is 1. The third-order valence-corrected chi connectivity index (χ3v) is 4.75. The van der Waals surface area contributed by atoms with Crippen molar-refractivity contribution in [3.8, 4) is 11.5 Å². The fourth-order valence-corrected chi connectivity index (χ4v) is 3.16. The van der Waals surface area contributed by atoms with Crippen molar-refractivity contribution in [2.24, 2.45) is 10.2 Å². The van der Waals surface area contributed by atoms with Gasteiger partial charge in [0.05, 0.1) is 0 Å². The fraction of sp³-hybridized carbons (Fsp3) is 0. The predicted octanol–water partition coefficient (Wildman–Crippen LogP) is 5.61. The molecule has 4 aromatic carbocycles. The van der Waals surface area contributed by atoms with Gasteiger partial charge in [-0.25, -0.2) is 4.79 Å². The number of carboxylic acid groups (broad SMARTS) is 1. The molecular weight excluding hydrogens is 474 g/mol. The average Bonchev–Trinajstić information content (AvgIpc) is 2.79. The number of nitrogens with one attached hydrogen (secondary N) is 1. The Hall–Kier alpha value is -4.20. The Labute approximate surface area is 198 Å². The Bertz CT molecular complexity index is 1370. The number of anilines is 1. The molecule has 1 amide bonds. The number of fused-ring (bicyclic) bond motifs is 1. The van der Waals surface area contributed by atoms with Crippen LogP contribution < -0.4 is 5.32 Å². The number of carboxylic acids is 1. The van der Waals surface area contributed by atoms with E-state index in [1.54, 1.807) is 48.5 Å². The number of carbonyl (C=O) groups is 2. The molecule has 0 unspecified atom stereocenters. The van der Waals surface area contributed by atoms with E-state index in [4.69, 9.17) is 0 Å². The van der Waals surface area contributed by atoms with Gasteiger partial charge >= 0.3 is 5.97 Å². The van der Waals surface area contributed by atoms with Crippen LogP contribution >= 0.6 is 0 Å². The number of aromatic hydroxyl groups is 2. The van der Waals surface area contributed by atoms with Crippen molar-refractivity contribution in [2.75, 3.05) is 5.32 Å². The molecule has 0 aliphatic heterocycles. The fourth-order valence-electron chi connectivity index (χ4n) is 3.16. The summed E-state index contributed by atoms with van der Waals surface area (Å²) in [5, 5.41) is 41.8. The minimum absolute atomic E-state index is 0. The smallest absolute Gasteiger partial charge is 0.339 e. The first-order valence-electron chi connectivity index (χ1n) is 9.53. The van der Waals surface area contributed by atoms with Gasteiger partial charge in [-0.1, -0.05) is 42.5 Å². The summed E-state index contributed by atoms with van der Waals surface area (Å²) < 4.78 is 0. The van der Waals surface area contributed by atoms with E-state index in [-0.39, 0.29) is 45.3 Å². The molecule has 33 heavy (non-hydrogen) atoms. The van der Waals surface area contributed by atoms with Crippen molar-refractivity contribution in [3.63, 3.8) is 0 Å². The van der Waals surface area contributed by atoms with Crippen molar-refractivity contribution in [3.05, 3.63) is 90.0 Å². The van der Waals surface area contributed by atoms with Crippen LogP contribution in [0.5, 0.6) is 11.5 Å². The minimum atomic E-state index is -1.31. The van der Waals surface area contributed by atoms with E-state index >= 15 is 0 Å². The van der Waals surface area contributed by atoms with Gasteiger partial charge in [0.25, 0.3) is 5.91 Å². The number of phenolic OH excluding ortho intramolecular Hbond substituents is 1. The van der Waals surface area contributed by atoms with Gasteiger partial charge in [0, 0.05) is 33.7 Å². The molecule has 0 bridgehead atoms. The number of amides is 1. The summed E-state index contributed by atoms with van der Waals surface area (Å²) in [6, 6.07) is 21.1. The predicted molar refractivity (Wildman–Crippen MR) is 119 cm³/mol. The Morgan fingerprint density at radius 1 is 0.818 bits per heavy atom. The minimum Gasteiger partial charge on any atom is -0.506 e. The van der Waals surface area contributed by atoms with Crippen LogP contribution in [0.3, 0.4) is 0 Å². The van der Waals surface area contributed by atoms with Crippen molar-refractivity contribution in [1.82, 2.24) is 0 Å². The number of hydrogen-bond donors (Lipinski definition) is 4. The quantitative estimate of drug-likeness (QED) is 0.213. The molecule has 1 radical (unpaired) electrons. The van der Waals surface area contributed by atoms with E-state index in [1.165, 1.54) is 24.3 Å². The number of aromatic carboxylic acids is 1. The van der Waals surface area contributed by atoms with Crippen LogP contribution in [0.25, 0.3) is 10.8 Å². The summed E-state index contributed by atoms with van der Waals surface area (Å²) in [5.41, 5.74) is 0.441. The summed E-state index contributed by atoms with van der Waals surface area (Å²) in [6.45, 7) is 0. The van der Waals surface area contributed by atoms with Crippen LogP contribution in [-0.4, -0.2) is 27.2 Å². The maximum absolute atomic E-state index is 12.5. The van der Waals surface area contributed by atoms with E-state index in [9.17, 15) is 24.9 Å². The van der Waals surface area contributed by atoms with E-state index in [1.807, 2.05) is 6.07 Å². The van der Waals surface area contributed by atoms with Crippen molar-refractivity contribution < 1.29 is 42.0 Å². The SMILES string of the molecule is O=C(Nc1ccccc1)c1ccc(O)c(N=Nc2c(O)c(C(=O)O)cc3ccccc23)c1.[Cu]. The van der Waals surface area contributed by atoms with Crippen LogP contribution in [-0.2, 0) is 17.1 Å². The molecule has 0 spiro atoms. The number of nitrogens with zero attached hydrogens (tertiary/aromatic N) is 2. The zero-order valence-electron chi connectivity index (χ0n) is 16.9. The number of para-hydroxylation sites is 1. The second-order valence-electron chi connectivity index (χ2n) is 6.87. The van der Waals surface area contributed by atoms with Crippen LogP contribution in [0.15, 0.2) is 89.1 Å². The van der Waals surface area contributed by atoms with Crippen LogP contribution in [0.1, 0.15) is 20.7 Å². The van der Waals surface area contributed by atoms with Crippen LogP contribution in [0.2, 0.25) is 0 Å². The number of rotatable bonds is 5. The maximum Gasteiger partial charge on any atom is 0.339 e. The molecule has 0 aliphatic carbocycles. The van der Waals surface area contributed by atoms with E-state index < -0.39 is 17.6 Å². The Balaban J connectivity index is 0.00000306.